The van der Waals surface area contributed by atoms with E-state index >= 15 is 0 Å². The summed E-state index contributed by atoms with van der Waals surface area (Å²) in [4.78, 5) is 14.6. The summed E-state index contributed by atoms with van der Waals surface area (Å²) < 4.78 is 80.2. The second-order valence-corrected chi connectivity index (χ2v) is 11.0. The van der Waals surface area contributed by atoms with Gasteiger partial charge in [-0.3, -0.25) is 14.4 Å². The molecule has 0 atom stereocenters. The van der Waals surface area contributed by atoms with Crippen LogP contribution in [0.3, 0.4) is 0 Å². The molecule has 1 saturated heterocycles. The molecule has 38 heavy (non-hydrogen) atoms. The molecule has 0 aromatic heterocycles. The molecule has 0 bridgehead atoms. The van der Waals surface area contributed by atoms with Crippen molar-refractivity contribution in [1.82, 2.24) is 4.90 Å². The minimum Gasteiger partial charge on any atom is -0.326 e. The Morgan fingerprint density at radius 2 is 1.63 bits per heavy atom. The zero-order valence-corrected chi connectivity index (χ0v) is 21.5. The molecular formula is C26H24ClF4N3O3S. The van der Waals surface area contributed by atoms with Crippen LogP contribution < -0.4 is 10.0 Å². The van der Waals surface area contributed by atoms with Crippen LogP contribution in [0.4, 0.5) is 28.9 Å². The van der Waals surface area contributed by atoms with E-state index in [1.54, 1.807) is 12.1 Å². The molecule has 1 amide bonds. The number of rotatable bonds is 7. The number of sulfonamides is 1. The van der Waals surface area contributed by atoms with Gasteiger partial charge in [-0.15, -0.1) is 0 Å². The first-order valence-electron chi connectivity index (χ1n) is 11.7. The molecule has 202 valence electrons. The fourth-order valence-electron chi connectivity index (χ4n) is 4.20. The van der Waals surface area contributed by atoms with Gasteiger partial charge < -0.3 is 5.32 Å². The topological polar surface area (TPSA) is 78.5 Å². The number of nitrogens with one attached hydrogen (secondary N) is 2. The van der Waals surface area contributed by atoms with Crippen molar-refractivity contribution in [3.8, 4) is 0 Å². The lowest BCUT2D eigenvalue weighted by molar-refractivity contribution is -0.137. The number of likely N-dealkylation sites (tertiary alicyclic amines) is 1. The lowest BCUT2D eigenvalue weighted by Crippen LogP contribution is -2.38. The summed E-state index contributed by atoms with van der Waals surface area (Å²) in [5.74, 6) is -0.854. The maximum absolute atomic E-state index is 14.1. The maximum Gasteiger partial charge on any atom is 0.416 e. The van der Waals surface area contributed by atoms with E-state index in [0.717, 1.165) is 12.1 Å². The van der Waals surface area contributed by atoms with Crippen molar-refractivity contribution in [2.45, 2.75) is 30.5 Å². The van der Waals surface area contributed by atoms with Gasteiger partial charge in [0.05, 0.1) is 10.5 Å². The van der Waals surface area contributed by atoms with E-state index in [-0.39, 0.29) is 28.2 Å². The number of piperidine rings is 1. The van der Waals surface area contributed by atoms with Crippen LogP contribution >= 0.6 is 11.6 Å². The summed E-state index contributed by atoms with van der Waals surface area (Å²) >= 11 is 6.11. The van der Waals surface area contributed by atoms with Crippen molar-refractivity contribution in [2.75, 3.05) is 23.1 Å². The van der Waals surface area contributed by atoms with Crippen molar-refractivity contribution in [2.24, 2.45) is 5.92 Å². The molecule has 1 aliphatic rings. The Kier molecular flexibility index (Phi) is 8.29. The normalized spacial score (nSPS) is 15.3. The van der Waals surface area contributed by atoms with E-state index in [1.165, 1.54) is 36.4 Å². The Hall–Kier alpha value is -3.15. The Morgan fingerprint density at radius 1 is 0.974 bits per heavy atom. The third-order valence-corrected chi connectivity index (χ3v) is 8.03. The number of alkyl halides is 3. The van der Waals surface area contributed by atoms with Gasteiger partial charge in [0.2, 0.25) is 5.91 Å². The van der Waals surface area contributed by atoms with Crippen LogP contribution in [0.5, 0.6) is 0 Å². The van der Waals surface area contributed by atoms with Crippen LogP contribution in [-0.4, -0.2) is 32.3 Å². The summed E-state index contributed by atoms with van der Waals surface area (Å²) in [6.45, 7) is 1.52. The Bertz CT molecular complexity index is 1390. The molecule has 3 aromatic carbocycles. The van der Waals surface area contributed by atoms with E-state index in [4.69, 9.17) is 11.6 Å². The number of carbonyl (C=O) groups is 1. The molecule has 0 saturated carbocycles. The molecule has 0 radical (unpaired) electrons. The predicted octanol–water partition coefficient (Wildman–Crippen LogP) is 6.15. The van der Waals surface area contributed by atoms with Gasteiger partial charge in [-0.2, -0.15) is 13.2 Å². The molecule has 12 heteroatoms. The van der Waals surface area contributed by atoms with Crippen molar-refractivity contribution in [1.29, 1.82) is 0 Å². The molecule has 6 nitrogen and oxygen atoms in total. The van der Waals surface area contributed by atoms with Gasteiger partial charge in [0.1, 0.15) is 5.82 Å². The first kappa shape index (κ1) is 27.9. The number of benzene rings is 3. The molecule has 1 heterocycles. The molecule has 1 fully saturated rings. The monoisotopic (exact) mass is 569 g/mol. The molecule has 3 aromatic rings. The Morgan fingerprint density at radius 3 is 2.26 bits per heavy atom. The molecule has 0 spiro atoms. The summed E-state index contributed by atoms with van der Waals surface area (Å²) in [7, 11) is -4.15. The zero-order valence-electron chi connectivity index (χ0n) is 19.9. The van der Waals surface area contributed by atoms with Gasteiger partial charge >= 0.3 is 6.18 Å². The predicted molar refractivity (Wildman–Crippen MR) is 137 cm³/mol. The van der Waals surface area contributed by atoms with Gasteiger partial charge in [-0.05, 0) is 80.5 Å². The second kappa shape index (κ2) is 11.3. The van der Waals surface area contributed by atoms with E-state index in [2.05, 4.69) is 10.0 Å². The summed E-state index contributed by atoms with van der Waals surface area (Å²) in [5, 5.41) is 3.13. The number of hydrogen-bond donors (Lipinski definition) is 2. The number of hydrogen-bond acceptors (Lipinski definition) is 4. The van der Waals surface area contributed by atoms with Gasteiger partial charge in [-0.25, -0.2) is 12.8 Å². The van der Waals surface area contributed by atoms with Crippen molar-refractivity contribution in [3.05, 3.63) is 88.7 Å². The van der Waals surface area contributed by atoms with E-state index in [9.17, 15) is 30.8 Å². The lowest BCUT2D eigenvalue weighted by Gasteiger charge is -2.31. The first-order valence-corrected chi connectivity index (χ1v) is 13.5. The highest BCUT2D eigenvalue weighted by Gasteiger charge is 2.31. The Balaban J connectivity index is 1.32. The van der Waals surface area contributed by atoms with Crippen molar-refractivity contribution < 1.29 is 30.8 Å². The van der Waals surface area contributed by atoms with Crippen LogP contribution in [0.2, 0.25) is 5.02 Å². The van der Waals surface area contributed by atoms with Gasteiger partial charge in [0, 0.05) is 34.4 Å². The molecule has 4 rings (SSSR count). The largest absolute Gasteiger partial charge is 0.416 e. The van der Waals surface area contributed by atoms with E-state index in [1.807, 2.05) is 4.90 Å². The quantitative estimate of drug-likeness (QED) is 0.335. The summed E-state index contributed by atoms with van der Waals surface area (Å²) in [6, 6.07) is 13.8. The van der Waals surface area contributed by atoms with E-state index in [0.29, 0.717) is 54.8 Å². The van der Waals surface area contributed by atoms with Crippen molar-refractivity contribution >= 4 is 38.9 Å². The third kappa shape index (κ3) is 6.83. The number of halogens is 5. The zero-order chi connectivity index (χ0) is 27.5. The van der Waals surface area contributed by atoms with Crippen LogP contribution in [0.25, 0.3) is 0 Å². The van der Waals surface area contributed by atoms with Crippen molar-refractivity contribution in [3.63, 3.8) is 0 Å². The highest BCUT2D eigenvalue weighted by molar-refractivity contribution is 7.92. The summed E-state index contributed by atoms with van der Waals surface area (Å²) in [6.07, 6.45) is -3.48. The Labute approximate surface area is 222 Å². The smallest absolute Gasteiger partial charge is 0.326 e. The second-order valence-electron chi connectivity index (χ2n) is 8.95. The maximum atomic E-state index is 14.1. The minimum absolute atomic E-state index is 0.173. The number of nitrogens with zero attached hydrogens (tertiary/aromatic N) is 1. The van der Waals surface area contributed by atoms with Gasteiger partial charge in [0.15, 0.2) is 0 Å². The fourth-order valence-corrected chi connectivity index (χ4v) is 5.47. The van der Waals surface area contributed by atoms with Crippen LogP contribution in [-0.2, 0) is 27.5 Å². The average Bonchev–Trinajstić information content (AvgIpc) is 2.86. The average molecular weight is 570 g/mol. The third-order valence-electron chi connectivity index (χ3n) is 6.28. The number of anilines is 2. The highest BCUT2D eigenvalue weighted by Crippen LogP contribution is 2.31. The molecule has 0 unspecified atom stereocenters. The highest BCUT2D eigenvalue weighted by atomic mass is 35.5. The van der Waals surface area contributed by atoms with Gasteiger partial charge in [0.25, 0.3) is 10.0 Å². The van der Waals surface area contributed by atoms with Crippen LogP contribution in [0.1, 0.15) is 24.0 Å². The van der Waals surface area contributed by atoms with Crippen LogP contribution in [0, 0.1) is 11.7 Å². The van der Waals surface area contributed by atoms with Gasteiger partial charge in [-0.1, -0.05) is 23.7 Å². The standard InChI is InChI=1S/C26H24ClF4N3O3S/c27-23-5-2-6-24(28)22(23)16-34-13-11-17(12-14-34)25(35)32-19-7-9-21(10-8-19)38(36,37)33-20-4-1-3-18(15-20)26(29,30)31/h1-10,15,17,33H,11-14,16H2,(H,32,35). The lowest BCUT2D eigenvalue weighted by atomic mass is 9.95. The fraction of sp³-hybridized carbons (Fsp3) is 0.269. The molecular weight excluding hydrogens is 546 g/mol. The number of amides is 1. The minimum atomic E-state index is -4.61. The molecule has 0 aliphatic carbocycles. The first-order chi connectivity index (χ1) is 17.9. The van der Waals surface area contributed by atoms with Crippen LogP contribution in [0.15, 0.2) is 71.6 Å². The molecule has 1 aliphatic heterocycles. The SMILES string of the molecule is O=C(Nc1ccc(S(=O)(=O)Nc2cccc(C(F)(F)F)c2)cc1)C1CCN(Cc2c(F)cccc2Cl)CC1. The summed E-state index contributed by atoms with van der Waals surface area (Å²) in [5.41, 5.74) is -0.387. The molecule has 2 N–H and O–H groups in total. The van der Waals surface area contributed by atoms with E-state index < -0.39 is 21.8 Å². The number of carbonyl (C=O) groups excluding carboxylic acids is 1.